The maximum atomic E-state index is 13.7. The van der Waals surface area contributed by atoms with Crippen LogP contribution in [0.2, 0.25) is 0 Å². The Balaban J connectivity index is 2.64. The van der Waals surface area contributed by atoms with Gasteiger partial charge in [-0.25, -0.2) is 9.18 Å². The average Bonchev–Trinajstić information content (AvgIpc) is 2.44. The summed E-state index contributed by atoms with van der Waals surface area (Å²) >= 11 is 0. The summed E-state index contributed by atoms with van der Waals surface area (Å²) in [6.07, 6.45) is 0. The summed E-state index contributed by atoms with van der Waals surface area (Å²) < 4.78 is 41.2. The van der Waals surface area contributed by atoms with E-state index in [-0.39, 0.29) is 19.8 Å². The van der Waals surface area contributed by atoms with Crippen LogP contribution in [0.25, 0.3) is 0 Å². The molecule has 0 atom stereocenters. The Morgan fingerprint density at radius 3 is 2.52 bits per heavy atom. The van der Waals surface area contributed by atoms with Crippen molar-refractivity contribution in [2.24, 2.45) is 0 Å². The van der Waals surface area contributed by atoms with Crippen LogP contribution in [-0.4, -0.2) is 44.4 Å². The highest BCUT2D eigenvalue weighted by atomic mass is 19.1. The molecule has 21 heavy (non-hydrogen) atoms. The number of carbonyl (C=O) groups excluding carboxylic acids is 1. The SMILES string of the molecule is COCCOCCOC(=O)c1cc(F)cc([N+](=O)[O-])c1F. The van der Waals surface area contributed by atoms with Crippen molar-refractivity contribution in [3.05, 3.63) is 39.4 Å². The van der Waals surface area contributed by atoms with Crippen LogP contribution >= 0.6 is 0 Å². The van der Waals surface area contributed by atoms with Crippen molar-refractivity contribution >= 4 is 11.7 Å². The van der Waals surface area contributed by atoms with Gasteiger partial charge in [0.05, 0.1) is 30.8 Å². The quantitative estimate of drug-likeness (QED) is 0.314. The molecule has 116 valence electrons. The zero-order chi connectivity index (χ0) is 15.8. The average molecular weight is 305 g/mol. The second kappa shape index (κ2) is 8.22. The van der Waals surface area contributed by atoms with Crippen LogP contribution in [0, 0.1) is 21.7 Å². The molecule has 0 aliphatic rings. The number of nitro benzene ring substituents is 1. The van der Waals surface area contributed by atoms with Gasteiger partial charge in [0.25, 0.3) is 0 Å². The molecule has 0 amide bonds. The first kappa shape index (κ1) is 16.9. The number of carbonyl (C=O) groups is 1. The number of hydrogen-bond donors (Lipinski definition) is 0. The van der Waals surface area contributed by atoms with Crippen molar-refractivity contribution in [3.8, 4) is 0 Å². The van der Waals surface area contributed by atoms with Gasteiger partial charge in [-0.15, -0.1) is 0 Å². The summed E-state index contributed by atoms with van der Waals surface area (Å²) in [6.45, 7) is 0.479. The Hall–Kier alpha value is -2.13. The highest BCUT2D eigenvalue weighted by Crippen LogP contribution is 2.22. The number of nitro groups is 1. The van der Waals surface area contributed by atoms with Crippen LogP contribution in [0.3, 0.4) is 0 Å². The van der Waals surface area contributed by atoms with Crippen LogP contribution in [-0.2, 0) is 14.2 Å². The van der Waals surface area contributed by atoms with Crippen LogP contribution in [0.4, 0.5) is 14.5 Å². The van der Waals surface area contributed by atoms with Gasteiger partial charge in [-0.1, -0.05) is 0 Å². The van der Waals surface area contributed by atoms with E-state index < -0.39 is 33.8 Å². The molecule has 0 N–H and O–H groups in total. The molecule has 1 aromatic carbocycles. The standard InChI is InChI=1S/C12H13F2NO6/c1-19-2-3-20-4-5-21-12(16)9-6-8(13)7-10(11(9)14)15(17)18/h6-7H,2-5H2,1H3. The van der Waals surface area contributed by atoms with E-state index in [1.807, 2.05) is 0 Å². The number of rotatable bonds is 8. The molecule has 0 radical (unpaired) electrons. The molecule has 0 aliphatic heterocycles. The molecule has 0 unspecified atom stereocenters. The predicted molar refractivity (Wildman–Crippen MR) is 66.0 cm³/mol. The molecular weight excluding hydrogens is 292 g/mol. The summed E-state index contributed by atoms with van der Waals surface area (Å²) in [4.78, 5) is 21.0. The van der Waals surface area contributed by atoms with Crippen molar-refractivity contribution < 1.29 is 32.7 Å². The third kappa shape index (κ3) is 5.04. The minimum Gasteiger partial charge on any atom is -0.460 e. The lowest BCUT2D eigenvalue weighted by molar-refractivity contribution is -0.387. The summed E-state index contributed by atoms with van der Waals surface area (Å²) in [5.74, 6) is -3.75. The molecule has 0 fully saturated rings. The fourth-order valence-electron chi connectivity index (χ4n) is 1.37. The number of esters is 1. The van der Waals surface area contributed by atoms with Crippen LogP contribution in [0.5, 0.6) is 0 Å². The molecule has 0 saturated heterocycles. The number of benzene rings is 1. The molecule has 1 rings (SSSR count). The van der Waals surface area contributed by atoms with Gasteiger partial charge in [0, 0.05) is 7.11 Å². The zero-order valence-electron chi connectivity index (χ0n) is 11.1. The van der Waals surface area contributed by atoms with Gasteiger partial charge in [-0.05, 0) is 6.07 Å². The Morgan fingerprint density at radius 2 is 1.90 bits per heavy atom. The number of halogens is 2. The molecule has 9 heteroatoms. The van der Waals surface area contributed by atoms with E-state index in [0.29, 0.717) is 18.7 Å². The predicted octanol–water partition coefficient (Wildman–Crippen LogP) is 1.69. The molecule has 0 bridgehead atoms. The summed E-state index contributed by atoms with van der Waals surface area (Å²) in [7, 11) is 1.49. The third-order valence-corrected chi connectivity index (χ3v) is 2.33. The van der Waals surface area contributed by atoms with E-state index in [9.17, 15) is 23.7 Å². The largest absolute Gasteiger partial charge is 0.460 e. The fourth-order valence-corrected chi connectivity index (χ4v) is 1.37. The first-order chi connectivity index (χ1) is 9.97. The second-order valence-corrected chi connectivity index (χ2v) is 3.78. The Bertz CT molecular complexity index is 523. The van der Waals surface area contributed by atoms with Gasteiger partial charge in [0.1, 0.15) is 18.0 Å². The Kier molecular flexibility index (Phi) is 6.63. The van der Waals surface area contributed by atoms with Crippen LogP contribution in [0.15, 0.2) is 12.1 Å². The van der Waals surface area contributed by atoms with E-state index in [4.69, 9.17) is 9.47 Å². The van der Waals surface area contributed by atoms with Crippen LogP contribution in [0.1, 0.15) is 10.4 Å². The highest BCUT2D eigenvalue weighted by Gasteiger charge is 2.25. The fraction of sp³-hybridized carbons (Fsp3) is 0.417. The zero-order valence-corrected chi connectivity index (χ0v) is 11.1. The number of hydrogen-bond acceptors (Lipinski definition) is 6. The van der Waals surface area contributed by atoms with Gasteiger partial charge >= 0.3 is 11.7 Å². The Morgan fingerprint density at radius 1 is 1.24 bits per heavy atom. The summed E-state index contributed by atoms with van der Waals surface area (Å²) in [5, 5.41) is 10.5. The van der Waals surface area contributed by atoms with E-state index in [2.05, 4.69) is 4.74 Å². The van der Waals surface area contributed by atoms with Gasteiger partial charge < -0.3 is 14.2 Å². The van der Waals surface area contributed by atoms with Crippen molar-refractivity contribution in [3.63, 3.8) is 0 Å². The lowest BCUT2D eigenvalue weighted by Gasteiger charge is -2.07. The molecule has 0 aromatic heterocycles. The van der Waals surface area contributed by atoms with E-state index in [1.165, 1.54) is 7.11 Å². The molecule has 7 nitrogen and oxygen atoms in total. The number of methoxy groups -OCH3 is 1. The summed E-state index contributed by atoms with van der Waals surface area (Å²) in [6, 6.07) is 0.927. The maximum Gasteiger partial charge on any atom is 0.341 e. The topological polar surface area (TPSA) is 87.9 Å². The molecule has 0 aliphatic carbocycles. The van der Waals surface area contributed by atoms with Gasteiger partial charge in [0.15, 0.2) is 0 Å². The smallest absolute Gasteiger partial charge is 0.341 e. The number of nitrogens with zero attached hydrogens (tertiary/aromatic N) is 1. The van der Waals surface area contributed by atoms with Crippen molar-refractivity contribution in [1.29, 1.82) is 0 Å². The van der Waals surface area contributed by atoms with Crippen molar-refractivity contribution in [2.75, 3.05) is 33.5 Å². The van der Waals surface area contributed by atoms with Crippen molar-refractivity contribution in [1.82, 2.24) is 0 Å². The molecule has 0 saturated carbocycles. The highest BCUT2D eigenvalue weighted by molar-refractivity contribution is 5.90. The Labute approximate surface area is 118 Å². The molecule has 0 spiro atoms. The molecule has 1 aromatic rings. The van der Waals surface area contributed by atoms with Gasteiger partial charge in [-0.2, -0.15) is 4.39 Å². The van der Waals surface area contributed by atoms with Gasteiger partial charge in [0.2, 0.25) is 5.82 Å². The van der Waals surface area contributed by atoms with Crippen LogP contribution < -0.4 is 0 Å². The monoisotopic (exact) mass is 305 g/mol. The van der Waals surface area contributed by atoms with Crippen molar-refractivity contribution in [2.45, 2.75) is 0 Å². The maximum absolute atomic E-state index is 13.7. The first-order valence-corrected chi connectivity index (χ1v) is 5.84. The normalized spacial score (nSPS) is 10.4. The summed E-state index contributed by atoms with van der Waals surface area (Å²) in [5.41, 5.74) is -1.96. The molecule has 0 heterocycles. The lowest BCUT2D eigenvalue weighted by atomic mass is 10.2. The lowest BCUT2D eigenvalue weighted by Crippen LogP contribution is -2.14. The molecular formula is C12H13F2NO6. The minimum atomic E-state index is -1.44. The van der Waals surface area contributed by atoms with Gasteiger partial charge in [-0.3, -0.25) is 10.1 Å². The second-order valence-electron chi connectivity index (χ2n) is 3.78. The van der Waals surface area contributed by atoms with E-state index >= 15 is 0 Å². The van der Waals surface area contributed by atoms with E-state index in [1.54, 1.807) is 0 Å². The number of ether oxygens (including phenoxy) is 3. The minimum absolute atomic E-state index is 0.0358. The third-order valence-electron chi connectivity index (χ3n) is 2.33. The first-order valence-electron chi connectivity index (χ1n) is 5.84. The van der Waals surface area contributed by atoms with E-state index in [0.717, 1.165) is 0 Å².